The number of aromatic hydroxyl groups is 1. The maximum Gasteiger partial charge on any atom is 0.339 e. The first kappa shape index (κ1) is 12.8. The van der Waals surface area contributed by atoms with Crippen LogP contribution in [0.5, 0.6) is 5.75 Å². The van der Waals surface area contributed by atoms with Gasteiger partial charge in [0.2, 0.25) is 0 Å². The van der Waals surface area contributed by atoms with Crippen molar-refractivity contribution in [3.8, 4) is 5.75 Å². The highest BCUT2D eigenvalue weighted by atomic mass is 32.2. The second kappa shape index (κ2) is 5.43. The molecule has 3 aromatic rings. The molecule has 0 saturated heterocycles. The molecular weight excluding hydrogens is 272 g/mol. The number of rotatable bonds is 3. The van der Waals surface area contributed by atoms with Crippen molar-refractivity contribution in [3.05, 3.63) is 70.6 Å². The third-order valence-corrected chi connectivity index (χ3v) is 4.06. The molecule has 1 heterocycles. The summed E-state index contributed by atoms with van der Waals surface area (Å²) in [5.41, 5.74) is 1.10. The Bertz CT molecular complexity index is 794. The van der Waals surface area contributed by atoms with E-state index in [-0.39, 0.29) is 5.75 Å². The summed E-state index contributed by atoms with van der Waals surface area (Å²) < 4.78 is 5.23. The molecule has 4 heteroatoms. The zero-order chi connectivity index (χ0) is 13.9. The summed E-state index contributed by atoms with van der Waals surface area (Å²) in [6.07, 6.45) is 0. The first-order valence-corrected chi connectivity index (χ1v) is 7.15. The van der Waals surface area contributed by atoms with Gasteiger partial charge in [0.15, 0.2) is 5.58 Å². The van der Waals surface area contributed by atoms with Gasteiger partial charge in [0.1, 0.15) is 5.75 Å². The van der Waals surface area contributed by atoms with E-state index in [2.05, 4.69) is 0 Å². The van der Waals surface area contributed by atoms with Crippen LogP contribution in [0.15, 0.2) is 68.7 Å². The topological polar surface area (TPSA) is 50.4 Å². The van der Waals surface area contributed by atoms with Gasteiger partial charge in [-0.2, -0.15) is 0 Å². The Morgan fingerprint density at radius 2 is 1.85 bits per heavy atom. The van der Waals surface area contributed by atoms with E-state index in [4.69, 9.17) is 4.42 Å². The van der Waals surface area contributed by atoms with Crippen molar-refractivity contribution in [1.29, 1.82) is 0 Å². The predicted molar refractivity (Wildman–Crippen MR) is 80.2 cm³/mol. The molecule has 1 aromatic heterocycles. The zero-order valence-corrected chi connectivity index (χ0v) is 11.4. The van der Waals surface area contributed by atoms with Crippen molar-refractivity contribution in [2.75, 3.05) is 0 Å². The molecule has 0 fully saturated rings. The lowest BCUT2D eigenvalue weighted by atomic mass is 10.2. The summed E-state index contributed by atoms with van der Waals surface area (Å²) in [6, 6.07) is 16.6. The van der Waals surface area contributed by atoms with E-state index in [1.165, 1.54) is 5.56 Å². The van der Waals surface area contributed by atoms with Gasteiger partial charge in [0.25, 0.3) is 0 Å². The highest BCUT2D eigenvalue weighted by Crippen LogP contribution is 2.32. The Morgan fingerprint density at radius 3 is 2.65 bits per heavy atom. The smallest absolute Gasteiger partial charge is 0.339 e. The van der Waals surface area contributed by atoms with Crippen LogP contribution in [0, 0.1) is 0 Å². The fourth-order valence-electron chi connectivity index (χ4n) is 1.99. The van der Waals surface area contributed by atoms with Gasteiger partial charge >= 0.3 is 5.63 Å². The molecule has 0 bridgehead atoms. The first-order chi connectivity index (χ1) is 9.74. The highest BCUT2D eigenvalue weighted by molar-refractivity contribution is 7.98. The summed E-state index contributed by atoms with van der Waals surface area (Å²) in [4.78, 5) is 12.2. The molecule has 0 spiro atoms. The van der Waals surface area contributed by atoms with Gasteiger partial charge in [-0.3, -0.25) is 0 Å². The van der Waals surface area contributed by atoms with Crippen LogP contribution in [-0.4, -0.2) is 5.11 Å². The normalized spacial score (nSPS) is 10.8. The molecule has 0 aliphatic heterocycles. The SMILES string of the molecule is O=c1cc(O)c2cccc(SCc3ccccc3)c2o1. The van der Waals surface area contributed by atoms with Crippen LogP contribution in [0.2, 0.25) is 0 Å². The number of benzene rings is 2. The Morgan fingerprint density at radius 1 is 1.05 bits per heavy atom. The standard InChI is InChI=1S/C16H12O3S/c17-13-9-15(18)19-16-12(13)7-4-8-14(16)20-10-11-5-2-1-3-6-11/h1-9,17H,10H2. The van der Waals surface area contributed by atoms with Crippen LogP contribution in [0.1, 0.15) is 5.56 Å². The molecule has 0 atom stereocenters. The van der Waals surface area contributed by atoms with Crippen LogP contribution in [0.4, 0.5) is 0 Å². The quantitative estimate of drug-likeness (QED) is 0.587. The Kier molecular flexibility index (Phi) is 3.48. The molecule has 100 valence electrons. The number of hydrogen-bond acceptors (Lipinski definition) is 4. The van der Waals surface area contributed by atoms with Crippen molar-refractivity contribution in [3.63, 3.8) is 0 Å². The predicted octanol–water partition coefficient (Wildman–Crippen LogP) is 3.79. The molecule has 0 amide bonds. The molecule has 3 rings (SSSR count). The van der Waals surface area contributed by atoms with Gasteiger partial charge in [0.05, 0.1) is 16.3 Å². The monoisotopic (exact) mass is 284 g/mol. The summed E-state index contributed by atoms with van der Waals surface area (Å²) in [6.45, 7) is 0. The number of thioether (sulfide) groups is 1. The lowest BCUT2D eigenvalue weighted by Crippen LogP contribution is -1.96. The maximum atomic E-state index is 11.4. The van der Waals surface area contributed by atoms with Gasteiger partial charge in [-0.1, -0.05) is 36.4 Å². The lowest BCUT2D eigenvalue weighted by Gasteiger charge is -2.06. The van der Waals surface area contributed by atoms with E-state index in [9.17, 15) is 9.90 Å². The third-order valence-electron chi connectivity index (χ3n) is 2.95. The molecule has 3 nitrogen and oxygen atoms in total. The van der Waals surface area contributed by atoms with Crippen LogP contribution in [-0.2, 0) is 5.75 Å². The van der Waals surface area contributed by atoms with Crippen LogP contribution < -0.4 is 5.63 Å². The fraction of sp³-hybridized carbons (Fsp3) is 0.0625. The van der Waals surface area contributed by atoms with Crippen molar-refractivity contribution in [1.82, 2.24) is 0 Å². The van der Waals surface area contributed by atoms with Crippen molar-refractivity contribution in [2.24, 2.45) is 0 Å². The molecule has 1 N–H and O–H groups in total. The number of fused-ring (bicyclic) bond motifs is 1. The molecule has 0 radical (unpaired) electrons. The molecule has 20 heavy (non-hydrogen) atoms. The van der Waals surface area contributed by atoms with Gasteiger partial charge in [-0.15, -0.1) is 11.8 Å². The first-order valence-electron chi connectivity index (χ1n) is 6.16. The summed E-state index contributed by atoms with van der Waals surface area (Å²) in [5, 5.41) is 10.4. The van der Waals surface area contributed by atoms with E-state index >= 15 is 0 Å². The lowest BCUT2D eigenvalue weighted by molar-refractivity contribution is 0.467. The molecule has 0 saturated carbocycles. The fourth-order valence-corrected chi connectivity index (χ4v) is 2.96. The van der Waals surface area contributed by atoms with Gasteiger partial charge in [-0.05, 0) is 17.7 Å². The van der Waals surface area contributed by atoms with Gasteiger partial charge in [0, 0.05) is 5.75 Å². The van der Waals surface area contributed by atoms with Gasteiger partial charge < -0.3 is 9.52 Å². The molecule has 0 aliphatic carbocycles. The Balaban J connectivity index is 1.98. The average molecular weight is 284 g/mol. The highest BCUT2D eigenvalue weighted by Gasteiger charge is 2.09. The van der Waals surface area contributed by atoms with Gasteiger partial charge in [-0.25, -0.2) is 4.79 Å². The number of para-hydroxylation sites is 1. The van der Waals surface area contributed by atoms with E-state index in [1.807, 2.05) is 42.5 Å². The van der Waals surface area contributed by atoms with E-state index in [0.717, 1.165) is 16.7 Å². The second-order valence-corrected chi connectivity index (χ2v) is 5.37. The van der Waals surface area contributed by atoms with E-state index in [0.29, 0.717) is 11.0 Å². The van der Waals surface area contributed by atoms with Crippen LogP contribution >= 0.6 is 11.8 Å². The molecule has 2 aromatic carbocycles. The molecule has 0 aliphatic rings. The maximum absolute atomic E-state index is 11.4. The van der Waals surface area contributed by atoms with Crippen LogP contribution in [0.25, 0.3) is 11.0 Å². The molecule has 0 unspecified atom stereocenters. The van der Waals surface area contributed by atoms with E-state index < -0.39 is 5.63 Å². The Labute approximate surface area is 119 Å². The van der Waals surface area contributed by atoms with Crippen molar-refractivity contribution in [2.45, 2.75) is 10.6 Å². The number of hydrogen-bond donors (Lipinski definition) is 1. The summed E-state index contributed by atoms with van der Waals surface area (Å²) in [5.74, 6) is 0.734. The summed E-state index contributed by atoms with van der Waals surface area (Å²) in [7, 11) is 0. The van der Waals surface area contributed by atoms with E-state index in [1.54, 1.807) is 17.8 Å². The van der Waals surface area contributed by atoms with Crippen LogP contribution in [0.3, 0.4) is 0 Å². The Hall–Kier alpha value is -2.20. The average Bonchev–Trinajstić information content (AvgIpc) is 2.46. The molecular formula is C16H12O3S. The minimum absolute atomic E-state index is 0.0431. The minimum Gasteiger partial charge on any atom is -0.507 e. The van der Waals surface area contributed by atoms with Crippen molar-refractivity contribution >= 4 is 22.7 Å². The van der Waals surface area contributed by atoms with Crippen molar-refractivity contribution < 1.29 is 9.52 Å². The summed E-state index contributed by atoms with van der Waals surface area (Å²) >= 11 is 1.58. The third kappa shape index (κ3) is 2.56. The zero-order valence-electron chi connectivity index (χ0n) is 10.6. The second-order valence-electron chi connectivity index (χ2n) is 4.36. The minimum atomic E-state index is -0.539. The largest absolute Gasteiger partial charge is 0.507 e.